The Labute approximate surface area is 211 Å². The topological polar surface area (TPSA) is 107 Å². The van der Waals surface area contributed by atoms with E-state index >= 15 is 0 Å². The number of nitrogens with zero attached hydrogens (tertiary/aromatic N) is 3. The quantitative estimate of drug-likeness (QED) is 0.504. The summed E-state index contributed by atoms with van der Waals surface area (Å²) in [5, 5.41) is 14.0. The van der Waals surface area contributed by atoms with E-state index in [1.54, 1.807) is 26.2 Å². The Morgan fingerprint density at radius 1 is 1.28 bits per heavy atom. The van der Waals surface area contributed by atoms with Gasteiger partial charge in [-0.25, -0.2) is 9.48 Å². The summed E-state index contributed by atoms with van der Waals surface area (Å²) in [5.74, 6) is 1.48. The van der Waals surface area contributed by atoms with Gasteiger partial charge in [0.25, 0.3) is 0 Å². The highest BCUT2D eigenvalue weighted by Gasteiger charge is 2.29. The highest BCUT2D eigenvalue weighted by atomic mass is 16.5. The molecule has 190 valence electrons. The minimum atomic E-state index is -0.570. The minimum absolute atomic E-state index is 0.119. The van der Waals surface area contributed by atoms with Crippen LogP contribution in [0.3, 0.4) is 0 Å². The molecule has 9 heteroatoms. The number of carbonyl (C=O) groups excluding carboxylic acids is 2. The number of aromatic nitrogens is 3. The zero-order valence-corrected chi connectivity index (χ0v) is 21.3. The van der Waals surface area contributed by atoms with Crippen LogP contribution in [0.2, 0.25) is 0 Å². The third-order valence-corrected chi connectivity index (χ3v) is 6.70. The third kappa shape index (κ3) is 5.67. The molecule has 0 saturated heterocycles. The van der Waals surface area contributed by atoms with Gasteiger partial charge >= 0.3 is 6.03 Å². The number of rotatable bonds is 9. The number of allylic oxidation sites excluding steroid dienone is 4. The Morgan fingerprint density at radius 2 is 2.08 bits per heavy atom. The Kier molecular flexibility index (Phi) is 7.57. The van der Waals surface area contributed by atoms with E-state index < -0.39 is 6.04 Å². The molecule has 2 amide bonds. The molecule has 2 aromatic rings. The second kappa shape index (κ2) is 10.8. The number of urea groups is 1. The number of carbonyl (C=O) groups is 2. The first-order chi connectivity index (χ1) is 17.2. The van der Waals surface area contributed by atoms with Crippen LogP contribution in [0.15, 0.2) is 59.5 Å². The molecule has 9 nitrogen and oxygen atoms in total. The van der Waals surface area contributed by atoms with Crippen molar-refractivity contribution in [2.75, 3.05) is 7.11 Å². The van der Waals surface area contributed by atoms with Gasteiger partial charge in [0, 0.05) is 11.3 Å². The number of methoxy groups -OCH3 is 1. The van der Waals surface area contributed by atoms with Gasteiger partial charge in [0.2, 0.25) is 0 Å². The van der Waals surface area contributed by atoms with Gasteiger partial charge in [-0.15, -0.1) is 5.10 Å². The van der Waals surface area contributed by atoms with Gasteiger partial charge in [-0.2, -0.15) is 0 Å². The van der Waals surface area contributed by atoms with Crippen LogP contribution in [0.1, 0.15) is 57.3 Å². The monoisotopic (exact) mass is 491 g/mol. The van der Waals surface area contributed by atoms with Gasteiger partial charge in [0.15, 0.2) is 17.3 Å². The van der Waals surface area contributed by atoms with Gasteiger partial charge in [0.05, 0.1) is 25.9 Å². The van der Waals surface area contributed by atoms with E-state index in [9.17, 15) is 9.59 Å². The predicted molar refractivity (Wildman–Crippen MR) is 135 cm³/mol. The SMILES string of the molecule is C=C(C)[C@@H]1CC=C(Cn2cc(COc3ccc(C4NC(=O)NC(C)=C4C(C)=O)cc3OC)nn2)CC1. The first-order valence-corrected chi connectivity index (χ1v) is 12.1. The van der Waals surface area contributed by atoms with Crippen LogP contribution in [-0.4, -0.2) is 33.9 Å². The lowest BCUT2D eigenvalue weighted by atomic mass is 9.85. The summed E-state index contributed by atoms with van der Waals surface area (Å²) in [5.41, 5.74) is 5.09. The molecule has 0 bridgehead atoms. The number of hydrogen-bond donors (Lipinski definition) is 2. The number of Topliss-reactive ketones (excluding diaryl/α,β-unsaturated/α-hetero) is 1. The summed E-state index contributed by atoms with van der Waals surface area (Å²) >= 11 is 0. The number of ketones is 1. The van der Waals surface area contributed by atoms with Crippen LogP contribution in [0.5, 0.6) is 11.5 Å². The van der Waals surface area contributed by atoms with Crippen molar-refractivity contribution < 1.29 is 19.1 Å². The van der Waals surface area contributed by atoms with E-state index in [0.29, 0.717) is 34.4 Å². The maximum Gasteiger partial charge on any atom is 0.319 e. The fourth-order valence-electron chi connectivity index (χ4n) is 4.72. The maximum absolute atomic E-state index is 12.2. The summed E-state index contributed by atoms with van der Waals surface area (Å²) in [4.78, 5) is 24.3. The van der Waals surface area contributed by atoms with Gasteiger partial charge < -0.3 is 20.1 Å². The van der Waals surface area contributed by atoms with Crippen molar-refractivity contribution in [2.45, 2.75) is 59.2 Å². The highest BCUT2D eigenvalue weighted by molar-refractivity contribution is 5.98. The van der Waals surface area contributed by atoms with Crippen molar-refractivity contribution in [3.05, 3.63) is 70.7 Å². The molecule has 0 radical (unpaired) electrons. The van der Waals surface area contributed by atoms with Crippen LogP contribution >= 0.6 is 0 Å². The van der Waals surface area contributed by atoms with E-state index in [1.165, 1.54) is 18.1 Å². The molecule has 1 aromatic heterocycles. The Hall–Kier alpha value is -3.88. The number of hydrogen-bond acceptors (Lipinski definition) is 6. The standard InChI is InChI=1S/C27H33N5O4/c1-16(2)20-8-6-19(7-9-20)13-32-14-22(30-31-32)15-36-23-11-10-21(12-24(23)35-5)26-25(18(4)33)17(3)28-27(34)29-26/h6,10-12,14,20,26H,1,7-9,13,15H2,2-5H3,(H2,28,29,34)/t20-,26?/m1/s1. The van der Waals surface area contributed by atoms with Crippen molar-refractivity contribution in [1.29, 1.82) is 0 Å². The van der Waals surface area contributed by atoms with E-state index in [-0.39, 0.29) is 18.4 Å². The summed E-state index contributed by atoms with van der Waals surface area (Å²) in [6.07, 6.45) is 7.40. The molecule has 0 spiro atoms. The Bertz CT molecular complexity index is 1240. The lowest BCUT2D eigenvalue weighted by molar-refractivity contribution is -0.114. The lowest BCUT2D eigenvalue weighted by Crippen LogP contribution is -2.44. The fraction of sp³-hybridized carbons (Fsp3) is 0.407. The molecule has 1 unspecified atom stereocenters. The molecule has 36 heavy (non-hydrogen) atoms. The second-order valence-corrected chi connectivity index (χ2v) is 9.41. The summed E-state index contributed by atoms with van der Waals surface area (Å²) < 4.78 is 13.3. The first-order valence-electron chi connectivity index (χ1n) is 12.1. The third-order valence-electron chi connectivity index (χ3n) is 6.70. The Balaban J connectivity index is 1.42. The van der Waals surface area contributed by atoms with E-state index in [1.807, 2.05) is 16.9 Å². The summed E-state index contributed by atoms with van der Waals surface area (Å²) in [6.45, 7) is 10.3. The molecule has 1 aromatic carbocycles. The zero-order valence-electron chi connectivity index (χ0n) is 21.3. The van der Waals surface area contributed by atoms with Gasteiger partial charge in [-0.1, -0.05) is 35.1 Å². The van der Waals surface area contributed by atoms with E-state index in [4.69, 9.17) is 9.47 Å². The molecule has 2 aliphatic rings. The Morgan fingerprint density at radius 3 is 2.75 bits per heavy atom. The normalized spacial score (nSPS) is 19.8. The van der Waals surface area contributed by atoms with Crippen molar-refractivity contribution >= 4 is 11.8 Å². The molecule has 2 N–H and O–H groups in total. The van der Waals surface area contributed by atoms with Crippen molar-refractivity contribution in [2.24, 2.45) is 5.92 Å². The number of nitrogens with one attached hydrogen (secondary N) is 2. The van der Waals surface area contributed by atoms with Crippen LogP contribution in [0.4, 0.5) is 4.79 Å². The van der Waals surface area contributed by atoms with Crippen LogP contribution < -0.4 is 20.1 Å². The van der Waals surface area contributed by atoms with E-state index in [2.05, 4.69) is 40.5 Å². The minimum Gasteiger partial charge on any atom is -0.493 e. The average molecular weight is 492 g/mol. The van der Waals surface area contributed by atoms with Gasteiger partial charge in [0.1, 0.15) is 12.3 Å². The van der Waals surface area contributed by atoms with Crippen molar-refractivity contribution in [1.82, 2.24) is 25.6 Å². The molecule has 2 atom stereocenters. The number of benzene rings is 1. The summed E-state index contributed by atoms with van der Waals surface area (Å²) in [6, 6.07) is 4.43. The van der Waals surface area contributed by atoms with Gasteiger partial charge in [-0.3, -0.25) is 4.79 Å². The predicted octanol–water partition coefficient (Wildman–Crippen LogP) is 4.39. The molecule has 0 fully saturated rings. The molecule has 2 heterocycles. The molecular weight excluding hydrogens is 458 g/mol. The molecular formula is C27H33N5O4. The van der Waals surface area contributed by atoms with Crippen LogP contribution in [-0.2, 0) is 17.9 Å². The second-order valence-electron chi connectivity index (χ2n) is 9.41. The number of amides is 2. The van der Waals surface area contributed by atoms with Gasteiger partial charge in [-0.05, 0) is 63.6 Å². The molecule has 0 saturated carbocycles. The average Bonchev–Trinajstić information content (AvgIpc) is 3.29. The van der Waals surface area contributed by atoms with Crippen molar-refractivity contribution in [3.8, 4) is 11.5 Å². The van der Waals surface area contributed by atoms with Crippen molar-refractivity contribution in [3.63, 3.8) is 0 Å². The largest absolute Gasteiger partial charge is 0.493 e. The molecule has 1 aliphatic carbocycles. The number of ether oxygens (including phenoxy) is 2. The van der Waals surface area contributed by atoms with Crippen LogP contribution in [0.25, 0.3) is 0 Å². The van der Waals surface area contributed by atoms with E-state index in [0.717, 1.165) is 31.4 Å². The molecule has 1 aliphatic heterocycles. The molecule has 4 rings (SSSR count). The lowest BCUT2D eigenvalue weighted by Gasteiger charge is -2.28. The first kappa shape index (κ1) is 25.2. The summed E-state index contributed by atoms with van der Waals surface area (Å²) in [7, 11) is 1.55. The zero-order chi connectivity index (χ0) is 25.8. The maximum atomic E-state index is 12.2. The highest BCUT2D eigenvalue weighted by Crippen LogP contribution is 2.35. The van der Waals surface area contributed by atoms with Crippen LogP contribution in [0, 0.1) is 5.92 Å². The smallest absolute Gasteiger partial charge is 0.319 e. The fourth-order valence-corrected chi connectivity index (χ4v) is 4.72.